The van der Waals surface area contributed by atoms with E-state index in [2.05, 4.69) is 27.5 Å². The summed E-state index contributed by atoms with van der Waals surface area (Å²) in [6.07, 6.45) is 3.34. The van der Waals surface area contributed by atoms with Crippen molar-refractivity contribution in [2.45, 2.75) is 19.4 Å². The van der Waals surface area contributed by atoms with Crippen molar-refractivity contribution in [1.29, 1.82) is 0 Å². The Morgan fingerprint density at radius 2 is 2.27 bits per heavy atom. The van der Waals surface area contributed by atoms with Gasteiger partial charge in [0, 0.05) is 49.7 Å². The second kappa shape index (κ2) is 7.50. The number of carbonyl (C=O) groups excluding carboxylic acids is 1. The molecule has 2 fully saturated rings. The number of amides is 1. The Bertz CT molecular complexity index is 745. The van der Waals surface area contributed by atoms with Crippen LogP contribution < -0.4 is 0 Å². The molecule has 0 N–H and O–H groups in total. The smallest absolute Gasteiger partial charge is 0.228 e. The average molecular weight is 375 g/mol. The zero-order chi connectivity index (χ0) is 18.0. The fourth-order valence-corrected chi connectivity index (χ4v) is 4.81. The lowest BCUT2D eigenvalue weighted by atomic mass is 9.87. The Morgan fingerprint density at radius 1 is 1.35 bits per heavy atom. The highest BCUT2D eigenvalue weighted by atomic mass is 32.1. The molecule has 0 aromatic carbocycles. The van der Waals surface area contributed by atoms with Gasteiger partial charge in [0.05, 0.1) is 25.3 Å². The summed E-state index contributed by atoms with van der Waals surface area (Å²) in [5.41, 5.74) is 0.899. The Kier molecular flexibility index (Phi) is 5.11. The lowest BCUT2D eigenvalue weighted by Gasteiger charge is -2.32. The predicted molar refractivity (Wildman–Crippen MR) is 101 cm³/mol. The van der Waals surface area contributed by atoms with Gasteiger partial charge in [-0.1, -0.05) is 6.07 Å². The van der Waals surface area contributed by atoms with E-state index in [-0.39, 0.29) is 11.3 Å². The number of hydrogen-bond acceptors (Lipinski definition) is 5. The van der Waals surface area contributed by atoms with Crippen LogP contribution in [0.1, 0.15) is 17.0 Å². The first kappa shape index (κ1) is 17.7. The Balaban J connectivity index is 1.40. The van der Waals surface area contributed by atoms with Crippen molar-refractivity contribution in [2.24, 2.45) is 12.5 Å². The lowest BCUT2D eigenvalue weighted by molar-refractivity contribution is -0.131. The van der Waals surface area contributed by atoms with Gasteiger partial charge in [-0.15, -0.1) is 11.3 Å². The fraction of sp³-hybridized carbons (Fsp3) is 0.579. The Morgan fingerprint density at radius 3 is 3.04 bits per heavy atom. The van der Waals surface area contributed by atoms with Gasteiger partial charge >= 0.3 is 0 Å². The number of carbonyl (C=O) groups is 1. The molecule has 0 aliphatic carbocycles. The third kappa shape index (κ3) is 4.00. The van der Waals surface area contributed by atoms with Crippen LogP contribution in [0.15, 0.2) is 29.8 Å². The zero-order valence-electron chi connectivity index (χ0n) is 15.3. The summed E-state index contributed by atoms with van der Waals surface area (Å²) in [6, 6.07) is 6.22. The number of rotatable bonds is 4. The SMILES string of the molecule is Cn1ccc(CC(=O)N2CCOC[C@@]3(CCN(Cc4cccs4)C3)C2)n1. The number of aryl methyl sites for hydroxylation is 1. The number of hydrogen-bond donors (Lipinski definition) is 0. The molecule has 0 bridgehead atoms. The molecular weight excluding hydrogens is 348 g/mol. The summed E-state index contributed by atoms with van der Waals surface area (Å²) in [7, 11) is 1.88. The Labute approximate surface area is 158 Å². The van der Waals surface area contributed by atoms with Gasteiger partial charge in [-0.3, -0.25) is 14.4 Å². The van der Waals surface area contributed by atoms with Crippen molar-refractivity contribution in [3.8, 4) is 0 Å². The summed E-state index contributed by atoms with van der Waals surface area (Å²) in [6.45, 7) is 5.92. The van der Waals surface area contributed by atoms with E-state index in [4.69, 9.17) is 4.74 Å². The van der Waals surface area contributed by atoms with Crippen LogP contribution in [0, 0.1) is 5.41 Å². The largest absolute Gasteiger partial charge is 0.379 e. The standard InChI is InChI=1S/C19H26N4O2S/c1-21-6-4-16(20-21)11-18(24)23-8-9-25-15-19(14-23)5-7-22(13-19)12-17-3-2-10-26-17/h2-4,6,10H,5,7-9,11-15H2,1H3/t19-/m1/s1. The summed E-state index contributed by atoms with van der Waals surface area (Å²) in [5, 5.41) is 6.48. The van der Waals surface area contributed by atoms with Crippen molar-refractivity contribution in [1.82, 2.24) is 19.6 Å². The van der Waals surface area contributed by atoms with E-state index in [1.165, 1.54) is 4.88 Å². The van der Waals surface area contributed by atoms with Crippen molar-refractivity contribution < 1.29 is 9.53 Å². The van der Waals surface area contributed by atoms with E-state index in [9.17, 15) is 4.79 Å². The second-order valence-corrected chi connectivity index (χ2v) is 8.60. The normalized spacial score (nSPS) is 24.3. The van der Waals surface area contributed by atoms with Crippen LogP contribution in [-0.4, -0.2) is 64.9 Å². The predicted octanol–water partition coefficient (Wildman–Crippen LogP) is 1.78. The summed E-state index contributed by atoms with van der Waals surface area (Å²) in [5.74, 6) is 0.158. The molecule has 2 aliphatic heterocycles. The van der Waals surface area contributed by atoms with Crippen molar-refractivity contribution in [3.05, 3.63) is 40.3 Å². The van der Waals surface area contributed by atoms with Gasteiger partial charge in [0.1, 0.15) is 0 Å². The van der Waals surface area contributed by atoms with Gasteiger partial charge in [0.25, 0.3) is 0 Å². The summed E-state index contributed by atoms with van der Waals surface area (Å²) < 4.78 is 7.66. The second-order valence-electron chi connectivity index (χ2n) is 7.57. The fourth-order valence-electron chi connectivity index (χ4n) is 4.06. The molecule has 140 valence electrons. The highest BCUT2D eigenvalue weighted by Crippen LogP contribution is 2.34. The maximum absolute atomic E-state index is 12.8. The Hall–Kier alpha value is -1.70. The molecule has 4 heterocycles. The van der Waals surface area contributed by atoms with E-state index < -0.39 is 0 Å². The first-order valence-electron chi connectivity index (χ1n) is 9.21. The summed E-state index contributed by atoms with van der Waals surface area (Å²) in [4.78, 5) is 18.7. The molecule has 2 aromatic rings. The van der Waals surface area contributed by atoms with Crippen molar-refractivity contribution in [2.75, 3.05) is 39.4 Å². The molecule has 2 aliphatic rings. The minimum absolute atomic E-state index is 0.0630. The van der Waals surface area contributed by atoms with Crippen LogP contribution in [-0.2, 0) is 29.5 Å². The molecule has 1 spiro atoms. The van der Waals surface area contributed by atoms with E-state index in [1.54, 1.807) is 4.68 Å². The first-order valence-corrected chi connectivity index (χ1v) is 10.1. The number of likely N-dealkylation sites (tertiary alicyclic amines) is 1. The molecule has 26 heavy (non-hydrogen) atoms. The van der Waals surface area contributed by atoms with E-state index in [0.717, 1.165) is 44.9 Å². The number of aromatic nitrogens is 2. The number of nitrogens with zero attached hydrogens (tertiary/aromatic N) is 4. The van der Waals surface area contributed by atoms with E-state index >= 15 is 0 Å². The minimum Gasteiger partial charge on any atom is -0.379 e. The molecule has 1 amide bonds. The molecule has 0 unspecified atom stereocenters. The van der Waals surface area contributed by atoms with E-state index in [0.29, 0.717) is 19.6 Å². The van der Waals surface area contributed by atoms with Gasteiger partial charge in [-0.25, -0.2) is 0 Å². The quantitative estimate of drug-likeness (QED) is 0.819. The van der Waals surface area contributed by atoms with Crippen LogP contribution >= 0.6 is 11.3 Å². The molecule has 2 saturated heterocycles. The van der Waals surface area contributed by atoms with Gasteiger partial charge in [0.15, 0.2) is 0 Å². The van der Waals surface area contributed by atoms with Crippen LogP contribution in [0.2, 0.25) is 0 Å². The van der Waals surface area contributed by atoms with Crippen LogP contribution in [0.3, 0.4) is 0 Å². The molecule has 7 heteroatoms. The monoisotopic (exact) mass is 374 g/mol. The maximum atomic E-state index is 12.8. The zero-order valence-corrected chi connectivity index (χ0v) is 16.1. The van der Waals surface area contributed by atoms with Gasteiger partial charge < -0.3 is 9.64 Å². The molecule has 1 atom stereocenters. The molecule has 2 aromatic heterocycles. The average Bonchev–Trinajstić information content (AvgIpc) is 3.31. The molecule has 4 rings (SSSR count). The van der Waals surface area contributed by atoms with Gasteiger partial charge in [0.2, 0.25) is 5.91 Å². The molecule has 6 nitrogen and oxygen atoms in total. The van der Waals surface area contributed by atoms with E-state index in [1.807, 2.05) is 35.5 Å². The van der Waals surface area contributed by atoms with Crippen molar-refractivity contribution in [3.63, 3.8) is 0 Å². The van der Waals surface area contributed by atoms with Crippen LogP contribution in [0.25, 0.3) is 0 Å². The maximum Gasteiger partial charge on any atom is 0.228 e. The third-order valence-electron chi connectivity index (χ3n) is 5.37. The number of thiophene rings is 1. The molecular formula is C19H26N4O2S. The third-order valence-corrected chi connectivity index (χ3v) is 6.23. The highest BCUT2D eigenvalue weighted by Gasteiger charge is 2.42. The lowest BCUT2D eigenvalue weighted by Crippen LogP contribution is -2.43. The summed E-state index contributed by atoms with van der Waals surface area (Å²) >= 11 is 1.81. The number of ether oxygens (including phenoxy) is 1. The van der Waals surface area contributed by atoms with Crippen LogP contribution in [0.5, 0.6) is 0 Å². The van der Waals surface area contributed by atoms with Crippen LogP contribution in [0.4, 0.5) is 0 Å². The highest BCUT2D eigenvalue weighted by molar-refractivity contribution is 7.09. The van der Waals surface area contributed by atoms with Gasteiger partial charge in [-0.2, -0.15) is 5.10 Å². The van der Waals surface area contributed by atoms with Gasteiger partial charge in [-0.05, 0) is 30.5 Å². The molecule has 0 saturated carbocycles. The first-order chi connectivity index (χ1) is 12.6. The molecule has 0 radical (unpaired) electrons. The minimum atomic E-state index is 0.0630. The van der Waals surface area contributed by atoms with Crippen molar-refractivity contribution >= 4 is 17.2 Å². The topological polar surface area (TPSA) is 50.6 Å².